The van der Waals surface area contributed by atoms with Crippen LogP contribution in [0, 0.1) is 18.6 Å². The van der Waals surface area contributed by atoms with Crippen LogP contribution >= 0.6 is 0 Å². The molecule has 1 unspecified atom stereocenters. The van der Waals surface area contributed by atoms with Crippen LogP contribution in [-0.4, -0.2) is 6.61 Å². The van der Waals surface area contributed by atoms with Gasteiger partial charge in [0.15, 0.2) is 0 Å². The first kappa shape index (κ1) is 15.4. The maximum Gasteiger partial charge on any atom is 0.131 e. The summed E-state index contributed by atoms with van der Waals surface area (Å²) >= 11 is 0. The van der Waals surface area contributed by atoms with Crippen LogP contribution in [0.4, 0.5) is 8.78 Å². The standard InChI is InChI=1S/C17H19F2NO/c1-3-8-21-13-6-4-12(5-7-13)17(20)14-9-11(2)15(18)10-16(14)19/h4-7,9-10,17H,3,8,20H2,1-2H3. The van der Waals surface area contributed by atoms with Gasteiger partial charge in [-0.1, -0.05) is 19.1 Å². The summed E-state index contributed by atoms with van der Waals surface area (Å²) in [6.45, 7) is 4.27. The molecule has 0 aliphatic rings. The highest BCUT2D eigenvalue weighted by atomic mass is 19.1. The minimum Gasteiger partial charge on any atom is -0.494 e. The fraction of sp³-hybridized carbons (Fsp3) is 0.294. The molecule has 1 atom stereocenters. The molecule has 21 heavy (non-hydrogen) atoms. The van der Waals surface area contributed by atoms with E-state index in [1.165, 1.54) is 6.07 Å². The molecule has 2 N–H and O–H groups in total. The lowest BCUT2D eigenvalue weighted by molar-refractivity contribution is 0.317. The van der Waals surface area contributed by atoms with E-state index in [2.05, 4.69) is 0 Å². The molecule has 0 aromatic heterocycles. The molecule has 0 saturated heterocycles. The van der Waals surface area contributed by atoms with Crippen molar-refractivity contribution in [1.29, 1.82) is 0 Å². The Bertz CT molecular complexity index is 611. The van der Waals surface area contributed by atoms with E-state index >= 15 is 0 Å². The molecule has 2 aromatic rings. The molecule has 2 aromatic carbocycles. The summed E-state index contributed by atoms with van der Waals surface area (Å²) < 4.78 is 32.7. The normalized spacial score (nSPS) is 12.2. The lowest BCUT2D eigenvalue weighted by Gasteiger charge is -2.15. The first-order valence-electron chi connectivity index (χ1n) is 6.96. The quantitative estimate of drug-likeness (QED) is 0.899. The van der Waals surface area contributed by atoms with Gasteiger partial charge in [0.2, 0.25) is 0 Å². The Morgan fingerprint density at radius 1 is 1.10 bits per heavy atom. The summed E-state index contributed by atoms with van der Waals surface area (Å²) in [5.41, 5.74) is 7.50. The summed E-state index contributed by atoms with van der Waals surface area (Å²) in [4.78, 5) is 0. The topological polar surface area (TPSA) is 35.2 Å². The van der Waals surface area contributed by atoms with Gasteiger partial charge in [-0.2, -0.15) is 0 Å². The van der Waals surface area contributed by atoms with Crippen molar-refractivity contribution in [2.75, 3.05) is 6.61 Å². The fourth-order valence-electron chi connectivity index (χ4n) is 2.09. The van der Waals surface area contributed by atoms with Crippen molar-refractivity contribution < 1.29 is 13.5 Å². The fourth-order valence-corrected chi connectivity index (χ4v) is 2.09. The minimum atomic E-state index is -0.635. The zero-order valence-electron chi connectivity index (χ0n) is 12.2. The van der Waals surface area contributed by atoms with Crippen molar-refractivity contribution in [3.05, 3.63) is 64.7 Å². The molecule has 0 fully saturated rings. The van der Waals surface area contributed by atoms with Gasteiger partial charge >= 0.3 is 0 Å². The third kappa shape index (κ3) is 3.58. The van der Waals surface area contributed by atoms with Crippen LogP contribution in [0.5, 0.6) is 5.75 Å². The predicted molar refractivity (Wildman–Crippen MR) is 79.4 cm³/mol. The van der Waals surface area contributed by atoms with Crippen molar-refractivity contribution in [2.45, 2.75) is 26.3 Å². The van der Waals surface area contributed by atoms with Crippen LogP contribution in [0.2, 0.25) is 0 Å². The number of nitrogens with two attached hydrogens (primary N) is 1. The van der Waals surface area contributed by atoms with E-state index < -0.39 is 17.7 Å². The van der Waals surface area contributed by atoms with Gasteiger partial charge in [0.25, 0.3) is 0 Å². The lowest BCUT2D eigenvalue weighted by atomic mass is 9.97. The van der Waals surface area contributed by atoms with Crippen molar-refractivity contribution in [2.24, 2.45) is 5.73 Å². The molecule has 0 aliphatic heterocycles. The number of benzene rings is 2. The molecule has 0 radical (unpaired) electrons. The number of hydrogen-bond donors (Lipinski definition) is 1. The Morgan fingerprint density at radius 2 is 1.76 bits per heavy atom. The van der Waals surface area contributed by atoms with Crippen molar-refractivity contribution in [3.8, 4) is 5.75 Å². The Morgan fingerprint density at radius 3 is 2.38 bits per heavy atom. The molecule has 0 bridgehead atoms. The molecule has 0 saturated carbocycles. The number of aryl methyl sites for hydroxylation is 1. The van der Waals surface area contributed by atoms with Crippen LogP contribution in [0.15, 0.2) is 36.4 Å². The van der Waals surface area contributed by atoms with Crippen LogP contribution in [0.1, 0.15) is 36.1 Å². The maximum atomic E-state index is 13.9. The summed E-state index contributed by atoms with van der Waals surface area (Å²) in [6, 6.07) is 8.91. The molecular formula is C17H19F2NO. The third-order valence-corrected chi connectivity index (χ3v) is 3.33. The maximum absolute atomic E-state index is 13.9. The van der Waals surface area contributed by atoms with Crippen molar-refractivity contribution >= 4 is 0 Å². The van der Waals surface area contributed by atoms with E-state index in [0.717, 1.165) is 23.8 Å². The highest BCUT2D eigenvalue weighted by molar-refractivity contribution is 5.37. The van der Waals surface area contributed by atoms with Gasteiger partial charge in [0, 0.05) is 11.6 Å². The van der Waals surface area contributed by atoms with Gasteiger partial charge in [-0.05, 0) is 42.7 Å². The molecule has 0 amide bonds. The summed E-state index contributed by atoms with van der Waals surface area (Å²) in [7, 11) is 0. The van der Waals surface area contributed by atoms with Crippen molar-refractivity contribution in [1.82, 2.24) is 0 Å². The molecule has 4 heteroatoms. The molecule has 0 spiro atoms. The van der Waals surface area contributed by atoms with Crippen molar-refractivity contribution in [3.63, 3.8) is 0 Å². The molecule has 112 valence electrons. The zero-order chi connectivity index (χ0) is 15.4. The van der Waals surface area contributed by atoms with E-state index in [9.17, 15) is 8.78 Å². The second kappa shape index (κ2) is 6.68. The van der Waals surface area contributed by atoms with E-state index in [1.807, 2.05) is 6.92 Å². The van der Waals surface area contributed by atoms with Crippen LogP contribution in [-0.2, 0) is 0 Å². The second-order valence-corrected chi connectivity index (χ2v) is 5.02. The number of hydrogen-bond acceptors (Lipinski definition) is 2. The van der Waals surface area contributed by atoms with Gasteiger partial charge in [0.1, 0.15) is 17.4 Å². The summed E-state index contributed by atoms with van der Waals surface area (Å²) in [5.74, 6) is -0.438. The first-order chi connectivity index (χ1) is 10.0. The van der Waals surface area contributed by atoms with Crippen LogP contribution in [0.3, 0.4) is 0 Å². The monoisotopic (exact) mass is 291 g/mol. The van der Waals surface area contributed by atoms with E-state index in [1.54, 1.807) is 31.2 Å². The van der Waals surface area contributed by atoms with E-state index in [-0.39, 0.29) is 5.56 Å². The van der Waals surface area contributed by atoms with Gasteiger partial charge in [-0.3, -0.25) is 0 Å². The molecular weight excluding hydrogens is 272 g/mol. The van der Waals surface area contributed by atoms with Gasteiger partial charge in [0.05, 0.1) is 12.6 Å². The molecule has 0 heterocycles. The Labute approximate surface area is 123 Å². The molecule has 2 nitrogen and oxygen atoms in total. The summed E-state index contributed by atoms with van der Waals surface area (Å²) in [5, 5.41) is 0. The van der Waals surface area contributed by atoms with Gasteiger partial charge in [-0.25, -0.2) is 8.78 Å². The molecule has 0 aliphatic carbocycles. The largest absolute Gasteiger partial charge is 0.494 e. The second-order valence-electron chi connectivity index (χ2n) is 5.02. The third-order valence-electron chi connectivity index (χ3n) is 3.33. The lowest BCUT2D eigenvalue weighted by Crippen LogP contribution is -2.14. The average molecular weight is 291 g/mol. The highest BCUT2D eigenvalue weighted by Gasteiger charge is 2.16. The van der Waals surface area contributed by atoms with Gasteiger partial charge in [-0.15, -0.1) is 0 Å². The number of ether oxygens (including phenoxy) is 1. The highest BCUT2D eigenvalue weighted by Crippen LogP contribution is 2.26. The number of halogens is 2. The van der Waals surface area contributed by atoms with E-state index in [4.69, 9.17) is 10.5 Å². The molecule has 2 rings (SSSR count). The average Bonchev–Trinajstić information content (AvgIpc) is 2.48. The Kier molecular flexibility index (Phi) is 4.91. The zero-order valence-corrected chi connectivity index (χ0v) is 12.2. The summed E-state index contributed by atoms with van der Waals surface area (Å²) in [6.07, 6.45) is 0.932. The first-order valence-corrected chi connectivity index (χ1v) is 6.96. The Balaban J connectivity index is 2.23. The predicted octanol–water partition coefficient (Wildman–Crippen LogP) is 4.11. The van der Waals surface area contributed by atoms with Gasteiger partial charge < -0.3 is 10.5 Å². The van der Waals surface area contributed by atoms with Crippen LogP contribution < -0.4 is 10.5 Å². The van der Waals surface area contributed by atoms with Crippen LogP contribution in [0.25, 0.3) is 0 Å². The smallest absolute Gasteiger partial charge is 0.131 e. The Hall–Kier alpha value is -1.94. The SMILES string of the molecule is CCCOc1ccc(C(N)c2cc(C)c(F)cc2F)cc1. The minimum absolute atomic E-state index is 0.288. The number of rotatable bonds is 5. The van der Waals surface area contributed by atoms with E-state index in [0.29, 0.717) is 12.2 Å².